The highest BCUT2D eigenvalue weighted by Gasteiger charge is 2.42. The molecule has 24 heteroatoms. The highest BCUT2D eigenvalue weighted by Crippen LogP contribution is 2.44. The Balaban J connectivity index is 0.000000231. The van der Waals surface area contributed by atoms with Gasteiger partial charge in [0.1, 0.15) is 70.3 Å². The van der Waals surface area contributed by atoms with Crippen molar-refractivity contribution in [2.45, 2.75) is 179 Å². The minimum Gasteiger partial charge on any atom is -0.494 e. The van der Waals surface area contributed by atoms with E-state index in [1.807, 2.05) is 69.2 Å². The van der Waals surface area contributed by atoms with Crippen LogP contribution in [-0.2, 0) is 50.1 Å². The maximum absolute atomic E-state index is 14.0. The van der Waals surface area contributed by atoms with Crippen molar-refractivity contribution in [3.63, 3.8) is 0 Å². The molecule has 0 spiro atoms. The summed E-state index contributed by atoms with van der Waals surface area (Å²) in [5, 5.41) is 15.7. The molecule has 22 nitrogen and oxygen atoms in total. The van der Waals surface area contributed by atoms with Crippen molar-refractivity contribution in [1.82, 2.24) is 49.5 Å². The van der Waals surface area contributed by atoms with Gasteiger partial charge in [-0.15, -0.1) is 20.4 Å². The third kappa shape index (κ3) is 14.1. The van der Waals surface area contributed by atoms with E-state index < -0.39 is 53.9 Å². The van der Waals surface area contributed by atoms with Crippen LogP contribution in [0.1, 0.15) is 165 Å². The first kappa shape index (κ1) is 61.4. The Bertz CT molecular complexity index is 3020. The van der Waals surface area contributed by atoms with Crippen LogP contribution < -0.4 is 18.9 Å². The van der Waals surface area contributed by atoms with Gasteiger partial charge in [-0.25, -0.2) is 36.8 Å². The fraction of sp³-hybridized carbons (Fsp3) is 0.571. The second-order valence-electron chi connectivity index (χ2n) is 21.9. The highest BCUT2D eigenvalue weighted by molar-refractivity contribution is 7.91. The predicted molar refractivity (Wildman–Crippen MR) is 299 cm³/mol. The van der Waals surface area contributed by atoms with Crippen molar-refractivity contribution in [3.05, 3.63) is 107 Å². The summed E-state index contributed by atoms with van der Waals surface area (Å²) < 4.78 is 107. The van der Waals surface area contributed by atoms with Gasteiger partial charge in [0.05, 0.1) is 62.3 Å². The Hall–Kier alpha value is -6.18. The molecule has 2 aliphatic heterocycles. The maximum Gasteiger partial charge on any atom is 0.167 e. The fourth-order valence-electron chi connectivity index (χ4n) is 9.63. The monoisotopic (exact) mass is 1150 g/mol. The predicted octanol–water partition coefficient (Wildman–Crippen LogP) is 8.97. The second-order valence-corrected chi connectivity index (χ2v) is 26.6. The van der Waals surface area contributed by atoms with Crippen LogP contribution in [0.3, 0.4) is 0 Å². The standard InChI is InChI=1S/2C28H39N5O6S/c2*1-17(2)38-25(26-29-14-18(3)15-30-26)19(4)40(34,35)16-23-31-32-27(22-12-13-28(5,6)39-22)33(23)24-20(36-7)10-9-11-21(24)37-8/h2*9-11,14-15,17,19,22,25H,12-13,16H2,1-8H3/t19-,22+,25+;19-,22-,25+/m00/s1. The lowest BCUT2D eigenvalue weighted by atomic mass is 10.1. The highest BCUT2D eigenvalue weighted by atomic mass is 32.2. The quantitative estimate of drug-likeness (QED) is 0.0614. The van der Waals surface area contributed by atoms with Gasteiger partial charge in [0.25, 0.3) is 0 Å². The van der Waals surface area contributed by atoms with Gasteiger partial charge in [0.2, 0.25) is 0 Å². The minimum atomic E-state index is -3.87. The molecule has 2 aromatic carbocycles. The number of para-hydroxylation sites is 2. The normalized spacial score (nSPS) is 18.6. The van der Waals surface area contributed by atoms with Crippen LogP contribution in [0.15, 0.2) is 61.2 Å². The summed E-state index contributed by atoms with van der Waals surface area (Å²) in [7, 11) is -1.55. The summed E-state index contributed by atoms with van der Waals surface area (Å²) in [4.78, 5) is 17.5. The molecule has 436 valence electrons. The molecule has 0 bridgehead atoms. The van der Waals surface area contributed by atoms with Crippen molar-refractivity contribution in [2.75, 3.05) is 28.4 Å². The molecular weight excluding hydrogens is 1070 g/mol. The number of nitrogens with zero attached hydrogens (tertiary/aromatic N) is 10. The Morgan fingerprint density at radius 2 is 0.850 bits per heavy atom. The van der Waals surface area contributed by atoms with Crippen molar-refractivity contribution >= 4 is 19.7 Å². The van der Waals surface area contributed by atoms with Crippen molar-refractivity contribution in [1.29, 1.82) is 0 Å². The Labute approximate surface area is 470 Å². The molecule has 2 fully saturated rings. The van der Waals surface area contributed by atoms with Gasteiger partial charge < -0.3 is 37.9 Å². The Morgan fingerprint density at radius 1 is 0.537 bits per heavy atom. The third-order valence-corrected chi connectivity index (χ3v) is 18.0. The molecule has 0 unspecified atom stereocenters. The smallest absolute Gasteiger partial charge is 0.167 e. The molecule has 8 rings (SSSR count). The molecule has 80 heavy (non-hydrogen) atoms. The molecule has 4 aromatic heterocycles. The van der Waals surface area contributed by atoms with E-state index in [0.717, 1.165) is 24.0 Å². The van der Waals surface area contributed by atoms with Gasteiger partial charge in [-0.3, -0.25) is 9.13 Å². The maximum atomic E-state index is 14.0. The number of hydrogen-bond acceptors (Lipinski definition) is 20. The van der Waals surface area contributed by atoms with Crippen LogP contribution in [0.5, 0.6) is 23.0 Å². The van der Waals surface area contributed by atoms with Gasteiger partial charge in [-0.05, 0) is 144 Å². The summed E-state index contributed by atoms with van der Waals surface area (Å²) in [6, 6.07) is 10.7. The summed E-state index contributed by atoms with van der Waals surface area (Å²) in [5.74, 6) is 3.14. The number of rotatable bonds is 22. The molecule has 6 aromatic rings. The Kier molecular flexibility index (Phi) is 19.4. The molecule has 2 aliphatic rings. The summed E-state index contributed by atoms with van der Waals surface area (Å²) in [6.45, 7) is 22.4. The van der Waals surface area contributed by atoms with E-state index in [-0.39, 0.29) is 47.3 Å². The van der Waals surface area contributed by atoms with Crippen LogP contribution in [0.25, 0.3) is 11.4 Å². The molecule has 0 radical (unpaired) electrons. The summed E-state index contributed by atoms with van der Waals surface area (Å²) in [5.41, 5.74) is 2.06. The second kappa shape index (κ2) is 25.3. The topological polar surface area (TPSA) is 255 Å². The fourth-order valence-corrected chi connectivity index (χ4v) is 12.4. The molecule has 0 aliphatic carbocycles. The van der Waals surface area contributed by atoms with Crippen LogP contribution in [0, 0.1) is 13.8 Å². The number of aryl methyl sites for hydroxylation is 2. The molecular formula is C56H78N10O12S2. The van der Waals surface area contributed by atoms with E-state index in [1.165, 1.54) is 0 Å². The zero-order chi connectivity index (χ0) is 58.5. The van der Waals surface area contributed by atoms with Crippen molar-refractivity contribution in [3.8, 4) is 34.4 Å². The van der Waals surface area contributed by atoms with E-state index in [2.05, 4.69) is 40.3 Å². The first-order valence-corrected chi connectivity index (χ1v) is 30.1. The average Bonchev–Trinajstić information content (AvgIpc) is 4.21. The van der Waals surface area contributed by atoms with Crippen molar-refractivity contribution in [2.24, 2.45) is 0 Å². The molecule has 6 atom stereocenters. The lowest BCUT2D eigenvalue weighted by molar-refractivity contribution is -0.0210. The number of ether oxygens (including phenoxy) is 8. The largest absolute Gasteiger partial charge is 0.494 e. The minimum absolute atomic E-state index is 0.214. The number of hydrogen-bond donors (Lipinski definition) is 0. The van der Waals surface area contributed by atoms with Gasteiger partial charge in [0, 0.05) is 24.8 Å². The van der Waals surface area contributed by atoms with Crippen LogP contribution >= 0.6 is 0 Å². The molecule has 0 saturated carbocycles. The third-order valence-electron chi connectivity index (χ3n) is 13.9. The van der Waals surface area contributed by atoms with Crippen molar-refractivity contribution < 1.29 is 54.7 Å². The van der Waals surface area contributed by atoms with E-state index in [9.17, 15) is 16.8 Å². The molecule has 6 heterocycles. The number of sulfone groups is 2. The van der Waals surface area contributed by atoms with Gasteiger partial charge in [-0.2, -0.15) is 0 Å². The zero-order valence-electron chi connectivity index (χ0n) is 48.8. The van der Waals surface area contributed by atoms with E-state index in [0.29, 0.717) is 70.5 Å². The average molecular weight is 1150 g/mol. The summed E-state index contributed by atoms with van der Waals surface area (Å²) in [6.07, 6.45) is 6.66. The number of benzene rings is 2. The first-order valence-electron chi connectivity index (χ1n) is 26.7. The van der Waals surface area contributed by atoms with Gasteiger partial charge in [-0.1, -0.05) is 12.1 Å². The van der Waals surface area contributed by atoms with E-state index in [4.69, 9.17) is 37.9 Å². The lowest BCUT2D eigenvalue weighted by Gasteiger charge is -2.25. The first-order chi connectivity index (χ1) is 37.7. The Morgan fingerprint density at radius 3 is 1.11 bits per heavy atom. The van der Waals surface area contributed by atoms with E-state index >= 15 is 0 Å². The SMILES string of the molecule is COc1cccc(OC)c1-n1c(CS(=O)(=O)[C@@H](C)[C@@H](OC(C)C)c2ncc(C)cn2)nnc1[C@@H]1CCC(C)(C)O1.COc1cccc(OC)c1-n1c(CS(=O)(=O)[C@@H](C)[C@@H](OC(C)C)c2ncc(C)cn2)nnc1[C@H]1CCC(C)(C)O1. The lowest BCUT2D eigenvalue weighted by Crippen LogP contribution is -2.32. The van der Waals surface area contributed by atoms with Crippen LogP contribution in [0.2, 0.25) is 0 Å². The van der Waals surface area contributed by atoms with Crippen LogP contribution in [0.4, 0.5) is 0 Å². The molecule has 0 N–H and O–H groups in total. The molecule has 2 saturated heterocycles. The van der Waals surface area contributed by atoms with Crippen LogP contribution in [-0.4, -0.2) is 129 Å². The van der Waals surface area contributed by atoms with E-state index in [1.54, 1.807) is 113 Å². The summed E-state index contributed by atoms with van der Waals surface area (Å²) >= 11 is 0. The number of aromatic nitrogens is 10. The zero-order valence-corrected chi connectivity index (χ0v) is 50.5. The number of methoxy groups -OCH3 is 4. The molecule has 0 amide bonds. The van der Waals surface area contributed by atoms with Gasteiger partial charge >= 0.3 is 0 Å². The van der Waals surface area contributed by atoms with Gasteiger partial charge in [0.15, 0.2) is 54.6 Å².